The molecule has 0 atom stereocenters. The molecule has 0 bridgehead atoms. The number of methoxy groups -OCH3 is 2. The molecule has 3 aromatic rings. The molecule has 0 aliphatic carbocycles. The summed E-state index contributed by atoms with van der Waals surface area (Å²) >= 11 is 0. The predicted octanol–water partition coefficient (Wildman–Crippen LogP) is 3.80. The third-order valence-corrected chi connectivity index (χ3v) is 4.59. The number of hydrogen-bond acceptors (Lipinski definition) is 5. The Morgan fingerprint density at radius 3 is 1.70 bits per heavy atom. The molecule has 0 saturated carbocycles. The minimum absolute atomic E-state index is 0.150. The molecule has 0 heterocycles. The first kappa shape index (κ1) is 20.9. The fourth-order valence-electron chi connectivity index (χ4n) is 2.95. The average Bonchev–Trinajstić information content (AvgIpc) is 2.81. The Morgan fingerprint density at radius 1 is 0.800 bits per heavy atom. The lowest BCUT2D eigenvalue weighted by molar-refractivity contribution is -0.123. The number of carbonyl (C=O) groups is 2. The third kappa shape index (κ3) is 5.38. The minimum atomic E-state index is -0.365. The summed E-state index contributed by atoms with van der Waals surface area (Å²) in [6.07, 6.45) is 0.755. The molecule has 0 saturated heterocycles. The van der Waals surface area contributed by atoms with Gasteiger partial charge in [0, 0.05) is 5.56 Å². The zero-order chi connectivity index (χ0) is 21.3. The topological polar surface area (TPSA) is 73.9 Å². The summed E-state index contributed by atoms with van der Waals surface area (Å²) in [5.74, 6) is 1.72. The fourth-order valence-corrected chi connectivity index (χ4v) is 2.95. The number of aldehydes is 1. The predicted molar refractivity (Wildman–Crippen MR) is 113 cm³/mol. The maximum atomic E-state index is 12.6. The van der Waals surface area contributed by atoms with Crippen molar-refractivity contribution in [1.82, 2.24) is 5.32 Å². The Hall–Kier alpha value is -3.80. The number of amides is 1. The molecule has 0 aromatic heterocycles. The van der Waals surface area contributed by atoms with Crippen molar-refractivity contribution < 1.29 is 23.8 Å². The monoisotopic (exact) mass is 405 g/mol. The van der Waals surface area contributed by atoms with Crippen molar-refractivity contribution >= 4 is 12.2 Å². The van der Waals surface area contributed by atoms with E-state index in [0.717, 1.165) is 28.9 Å². The van der Waals surface area contributed by atoms with Crippen LogP contribution in [0.4, 0.5) is 0 Å². The van der Waals surface area contributed by atoms with Crippen LogP contribution in [0.1, 0.15) is 27.5 Å². The van der Waals surface area contributed by atoms with E-state index in [-0.39, 0.29) is 18.6 Å². The molecule has 3 aromatic carbocycles. The number of ether oxygens (including phenoxy) is 3. The van der Waals surface area contributed by atoms with Gasteiger partial charge in [-0.2, -0.15) is 0 Å². The van der Waals surface area contributed by atoms with Gasteiger partial charge in [0.05, 0.1) is 20.3 Å². The van der Waals surface area contributed by atoms with Crippen molar-refractivity contribution in [3.8, 4) is 17.2 Å². The van der Waals surface area contributed by atoms with Crippen LogP contribution >= 0.6 is 0 Å². The van der Waals surface area contributed by atoms with Gasteiger partial charge in [-0.15, -0.1) is 0 Å². The first-order chi connectivity index (χ1) is 14.6. The van der Waals surface area contributed by atoms with Gasteiger partial charge in [-0.3, -0.25) is 9.59 Å². The smallest absolute Gasteiger partial charge is 0.258 e. The number of rotatable bonds is 9. The molecule has 1 amide bonds. The number of nitrogens with one attached hydrogen (secondary N) is 1. The van der Waals surface area contributed by atoms with Crippen LogP contribution in [0.15, 0.2) is 72.8 Å². The molecular formula is C24H23NO5. The molecule has 0 spiro atoms. The second-order valence-electron chi connectivity index (χ2n) is 6.52. The Labute approximate surface area is 175 Å². The second-order valence-corrected chi connectivity index (χ2v) is 6.52. The molecule has 0 fully saturated rings. The van der Waals surface area contributed by atoms with Gasteiger partial charge >= 0.3 is 0 Å². The van der Waals surface area contributed by atoms with E-state index >= 15 is 0 Å². The van der Waals surface area contributed by atoms with E-state index in [1.807, 2.05) is 48.5 Å². The third-order valence-electron chi connectivity index (χ3n) is 4.59. The molecule has 0 aliphatic rings. The molecule has 0 radical (unpaired) electrons. The largest absolute Gasteiger partial charge is 0.497 e. The van der Waals surface area contributed by atoms with E-state index in [2.05, 4.69) is 5.32 Å². The zero-order valence-electron chi connectivity index (χ0n) is 16.8. The van der Waals surface area contributed by atoms with Crippen LogP contribution in [0, 0.1) is 0 Å². The van der Waals surface area contributed by atoms with Crippen molar-refractivity contribution in [2.24, 2.45) is 0 Å². The van der Waals surface area contributed by atoms with E-state index in [1.54, 1.807) is 38.5 Å². The van der Waals surface area contributed by atoms with Crippen LogP contribution in [0.5, 0.6) is 17.2 Å². The maximum Gasteiger partial charge on any atom is 0.258 e. The highest BCUT2D eigenvalue weighted by atomic mass is 16.5. The van der Waals surface area contributed by atoms with E-state index in [4.69, 9.17) is 14.2 Å². The normalized spacial score (nSPS) is 10.4. The minimum Gasteiger partial charge on any atom is -0.497 e. The van der Waals surface area contributed by atoms with E-state index in [9.17, 15) is 9.59 Å². The highest BCUT2D eigenvalue weighted by Gasteiger charge is 2.18. The second kappa shape index (κ2) is 10.1. The maximum absolute atomic E-state index is 12.6. The lowest BCUT2D eigenvalue weighted by atomic mass is 9.98. The molecule has 0 aliphatic heterocycles. The van der Waals surface area contributed by atoms with Crippen LogP contribution in [0.25, 0.3) is 0 Å². The lowest BCUT2D eigenvalue weighted by Crippen LogP contribution is -2.33. The summed E-state index contributed by atoms with van der Waals surface area (Å²) in [5.41, 5.74) is 2.36. The molecule has 3 rings (SSSR count). The van der Waals surface area contributed by atoms with Crippen molar-refractivity contribution in [3.05, 3.63) is 89.5 Å². The summed E-state index contributed by atoms with van der Waals surface area (Å²) in [4.78, 5) is 23.3. The molecular weight excluding hydrogens is 382 g/mol. The number of carbonyl (C=O) groups excluding carboxylic acids is 2. The molecule has 0 unspecified atom stereocenters. The van der Waals surface area contributed by atoms with Gasteiger partial charge in [0.1, 0.15) is 23.5 Å². The first-order valence-corrected chi connectivity index (χ1v) is 9.38. The first-order valence-electron chi connectivity index (χ1n) is 9.38. The van der Waals surface area contributed by atoms with Crippen LogP contribution in [-0.2, 0) is 4.79 Å². The van der Waals surface area contributed by atoms with Crippen molar-refractivity contribution in [1.29, 1.82) is 0 Å². The Balaban J connectivity index is 1.74. The van der Waals surface area contributed by atoms with Crippen LogP contribution < -0.4 is 19.5 Å². The molecule has 1 N–H and O–H groups in total. The summed E-state index contributed by atoms with van der Waals surface area (Å²) < 4.78 is 16.0. The number of hydrogen-bond donors (Lipinski definition) is 1. The van der Waals surface area contributed by atoms with Crippen LogP contribution in [0.3, 0.4) is 0 Å². The average molecular weight is 405 g/mol. The SMILES string of the molecule is COc1ccc(C(NC(=O)COc2ccc(C=O)cc2)c2ccc(OC)cc2)cc1. The van der Waals surface area contributed by atoms with Crippen LogP contribution in [0.2, 0.25) is 0 Å². The molecule has 30 heavy (non-hydrogen) atoms. The quantitative estimate of drug-likeness (QED) is 0.548. The highest BCUT2D eigenvalue weighted by molar-refractivity contribution is 5.79. The van der Waals surface area contributed by atoms with Gasteiger partial charge in [0.2, 0.25) is 0 Å². The van der Waals surface area contributed by atoms with Gasteiger partial charge in [0.25, 0.3) is 5.91 Å². The van der Waals surface area contributed by atoms with Crippen LogP contribution in [-0.4, -0.2) is 33.0 Å². The summed E-state index contributed by atoms with van der Waals surface area (Å²) in [5, 5.41) is 3.02. The van der Waals surface area contributed by atoms with E-state index in [1.165, 1.54) is 0 Å². The number of benzene rings is 3. The summed E-state index contributed by atoms with van der Waals surface area (Å²) in [6.45, 7) is -0.150. The zero-order valence-corrected chi connectivity index (χ0v) is 16.8. The van der Waals surface area contributed by atoms with Crippen molar-refractivity contribution in [2.45, 2.75) is 6.04 Å². The van der Waals surface area contributed by atoms with Gasteiger partial charge in [-0.05, 0) is 59.7 Å². The van der Waals surface area contributed by atoms with Crippen molar-refractivity contribution in [3.63, 3.8) is 0 Å². The molecule has 6 nitrogen and oxygen atoms in total. The Morgan fingerprint density at radius 2 is 1.27 bits per heavy atom. The van der Waals surface area contributed by atoms with Crippen molar-refractivity contribution in [2.75, 3.05) is 20.8 Å². The molecule has 154 valence electrons. The van der Waals surface area contributed by atoms with Gasteiger partial charge in [-0.25, -0.2) is 0 Å². The van der Waals surface area contributed by atoms with Gasteiger partial charge in [-0.1, -0.05) is 24.3 Å². The Bertz CT molecular complexity index is 918. The summed E-state index contributed by atoms with van der Waals surface area (Å²) in [7, 11) is 3.22. The van der Waals surface area contributed by atoms with Gasteiger partial charge in [0.15, 0.2) is 6.61 Å². The van der Waals surface area contributed by atoms with Gasteiger partial charge < -0.3 is 19.5 Å². The standard InChI is InChI=1S/C24H23NO5/c1-28-20-11-5-18(6-12-20)24(19-7-13-21(29-2)14-8-19)25-23(27)16-30-22-9-3-17(15-26)4-10-22/h3-15,24H,16H2,1-2H3,(H,25,27). The fraction of sp³-hybridized carbons (Fsp3) is 0.167. The lowest BCUT2D eigenvalue weighted by Gasteiger charge is -2.20. The highest BCUT2D eigenvalue weighted by Crippen LogP contribution is 2.26. The Kier molecular flexibility index (Phi) is 7.05. The van der Waals surface area contributed by atoms with E-state index < -0.39 is 0 Å². The van der Waals surface area contributed by atoms with E-state index in [0.29, 0.717) is 11.3 Å². The molecule has 6 heteroatoms. The summed E-state index contributed by atoms with van der Waals surface area (Å²) in [6, 6.07) is 21.3.